The number of methoxy groups -OCH3 is 1. The lowest BCUT2D eigenvalue weighted by atomic mass is 9.96. The van der Waals surface area contributed by atoms with Gasteiger partial charge in [-0.2, -0.15) is 0 Å². The minimum absolute atomic E-state index is 0.0111. The fraction of sp³-hybridized carbons (Fsp3) is 0.452. The Hall–Kier alpha value is -3.31. The van der Waals surface area contributed by atoms with Crippen molar-refractivity contribution in [1.29, 1.82) is 0 Å². The van der Waals surface area contributed by atoms with E-state index in [-0.39, 0.29) is 24.6 Å². The molecule has 2 saturated heterocycles. The SMILES string of the molecule is COCC(=O)Nc1ccc(N2C(=S)NC(c3ccccn3)C2c2cc(C)n(CCCN3CCOCC3)c2C)cc1C. The van der Waals surface area contributed by atoms with E-state index in [1.165, 1.54) is 24.1 Å². The molecule has 2 atom stereocenters. The zero-order chi connectivity index (χ0) is 28.9. The van der Waals surface area contributed by atoms with Gasteiger partial charge in [0.25, 0.3) is 0 Å². The molecule has 2 N–H and O–H groups in total. The molecule has 218 valence electrons. The van der Waals surface area contributed by atoms with Crippen molar-refractivity contribution in [3.63, 3.8) is 0 Å². The van der Waals surface area contributed by atoms with Gasteiger partial charge in [-0.3, -0.25) is 14.7 Å². The molecule has 0 spiro atoms. The number of thiocarbonyl (C=S) groups is 1. The van der Waals surface area contributed by atoms with Crippen LogP contribution in [0.5, 0.6) is 0 Å². The average Bonchev–Trinajstić information content (AvgIpc) is 3.46. The summed E-state index contributed by atoms with van der Waals surface area (Å²) in [4.78, 5) is 21.5. The molecule has 0 saturated carbocycles. The normalized spacial score (nSPS) is 19.4. The third-order valence-corrected chi connectivity index (χ3v) is 8.34. The summed E-state index contributed by atoms with van der Waals surface area (Å²) in [5.41, 5.74) is 7.32. The second-order valence-corrected chi connectivity index (χ2v) is 11.1. The zero-order valence-electron chi connectivity index (χ0n) is 24.4. The van der Waals surface area contributed by atoms with E-state index in [9.17, 15) is 4.79 Å². The summed E-state index contributed by atoms with van der Waals surface area (Å²) in [6.07, 6.45) is 2.91. The summed E-state index contributed by atoms with van der Waals surface area (Å²) in [6, 6.07) is 14.1. The Kier molecular flexibility index (Phi) is 9.34. The highest BCUT2D eigenvalue weighted by Gasteiger charge is 2.42. The molecule has 4 heterocycles. The smallest absolute Gasteiger partial charge is 0.250 e. The molecule has 5 rings (SSSR count). The Morgan fingerprint density at radius 2 is 1.95 bits per heavy atom. The minimum atomic E-state index is -0.184. The highest BCUT2D eigenvalue weighted by Crippen LogP contribution is 2.44. The monoisotopic (exact) mass is 576 g/mol. The predicted octanol–water partition coefficient (Wildman–Crippen LogP) is 4.29. The number of anilines is 2. The number of amides is 1. The number of aryl methyl sites for hydroxylation is 2. The van der Waals surface area contributed by atoms with Crippen LogP contribution in [0.4, 0.5) is 11.4 Å². The fourth-order valence-electron chi connectivity index (χ4n) is 5.95. The lowest BCUT2D eigenvalue weighted by Crippen LogP contribution is -2.37. The molecule has 9 nitrogen and oxygen atoms in total. The standard InChI is InChI=1S/C31H40N6O3S/c1-21-18-24(9-10-26(21)33-28(38)20-39-4)37-30(29(34-31(37)41)27-8-5-6-11-32-27)25-19-22(2)36(23(25)3)13-7-12-35-14-16-40-17-15-35/h5-6,8-11,18-19,29-30H,7,12-17,20H2,1-4H3,(H,33,38)(H,34,41). The maximum Gasteiger partial charge on any atom is 0.250 e. The van der Waals surface area contributed by atoms with Gasteiger partial charge in [0.05, 0.1) is 31.0 Å². The number of nitrogens with zero attached hydrogens (tertiary/aromatic N) is 4. The number of morpholine rings is 1. The van der Waals surface area contributed by atoms with Crippen LogP contribution in [-0.4, -0.2) is 72.0 Å². The molecule has 0 bridgehead atoms. The molecule has 0 aliphatic carbocycles. The van der Waals surface area contributed by atoms with E-state index in [1.54, 1.807) is 0 Å². The fourth-order valence-corrected chi connectivity index (χ4v) is 6.30. The second kappa shape index (κ2) is 13.1. The quantitative estimate of drug-likeness (QED) is 0.346. The first kappa shape index (κ1) is 29.2. The largest absolute Gasteiger partial charge is 0.379 e. The molecule has 41 heavy (non-hydrogen) atoms. The lowest BCUT2D eigenvalue weighted by molar-refractivity contribution is -0.119. The van der Waals surface area contributed by atoms with Gasteiger partial charge in [-0.15, -0.1) is 0 Å². The van der Waals surface area contributed by atoms with Gasteiger partial charge in [0, 0.05) is 62.2 Å². The molecule has 2 aromatic heterocycles. The molecule has 1 amide bonds. The van der Waals surface area contributed by atoms with E-state index >= 15 is 0 Å². The predicted molar refractivity (Wildman–Crippen MR) is 165 cm³/mol. The van der Waals surface area contributed by atoms with E-state index in [0.717, 1.165) is 68.4 Å². The van der Waals surface area contributed by atoms with Crippen LogP contribution in [-0.2, 0) is 20.8 Å². The van der Waals surface area contributed by atoms with Gasteiger partial charge >= 0.3 is 0 Å². The first-order chi connectivity index (χ1) is 19.9. The molecule has 2 aliphatic rings. The molecule has 0 radical (unpaired) electrons. The number of ether oxygens (including phenoxy) is 2. The first-order valence-corrected chi connectivity index (χ1v) is 14.6. The summed E-state index contributed by atoms with van der Waals surface area (Å²) < 4.78 is 12.9. The molecule has 2 aliphatic heterocycles. The maximum atomic E-state index is 12.1. The van der Waals surface area contributed by atoms with Crippen molar-refractivity contribution in [2.75, 3.05) is 56.8 Å². The molecular weight excluding hydrogens is 536 g/mol. The summed E-state index contributed by atoms with van der Waals surface area (Å²) in [7, 11) is 1.51. The van der Waals surface area contributed by atoms with Crippen molar-refractivity contribution in [2.24, 2.45) is 0 Å². The van der Waals surface area contributed by atoms with Crippen LogP contribution >= 0.6 is 12.2 Å². The molecule has 10 heteroatoms. The maximum absolute atomic E-state index is 12.1. The topological polar surface area (TPSA) is 83.9 Å². The average molecular weight is 577 g/mol. The van der Waals surface area contributed by atoms with Crippen LogP contribution in [0.3, 0.4) is 0 Å². The van der Waals surface area contributed by atoms with Crippen LogP contribution in [0.1, 0.15) is 46.7 Å². The number of hydrogen-bond donors (Lipinski definition) is 2. The number of aromatic nitrogens is 2. The second-order valence-electron chi connectivity index (χ2n) is 10.8. The van der Waals surface area contributed by atoms with E-state index < -0.39 is 0 Å². The van der Waals surface area contributed by atoms with Gasteiger partial charge in [-0.25, -0.2) is 0 Å². The van der Waals surface area contributed by atoms with Gasteiger partial charge in [0.15, 0.2) is 5.11 Å². The third-order valence-electron chi connectivity index (χ3n) is 8.03. The highest BCUT2D eigenvalue weighted by atomic mass is 32.1. The summed E-state index contributed by atoms with van der Waals surface area (Å²) in [5.74, 6) is -0.184. The molecular formula is C31H40N6O3S. The van der Waals surface area contributed by atoms with Crippen LogP contribution in [0.2, 0.25) is 0 Å². The van der Waals surface area contributed by atoms with E-state index in [2.05, 4.69) is 57.0 Å². The highest BCUT2D eigenvalue weighted by molar-refractivity contribution is 7.80. The van der Waals surface area contributed by atoms with E-state index in [0.29, 0.717) is 5.11 Å². The van der Waals surface area contributed by atoms with Crippen molar-refractivity contribution < 1.29 is 14.3 Å². The van der Waals surface area contributed by atoms with Gasteiger partial charge in [0.2, 0.25) is 5.91 Å². The number of rotatable bonds is 10. The van der Waals surface area contributed by atoms with Crippen LogP contribution in [0.25, 0.3) is 0 Å². The van der Waals surface area contributed by atoms with Gasteiger partial charge < -0.3 is 29.6 Å². The van der Waals surface area contributed by atoms with Gasteiger partial charge in [-0.05, 0) is 86.9 Å². The van der Waals surface area contributed by atoms with Crippen molar-refractivity contribution >= 4 is 34.6 Å². The zero-order valence-corrected chi connectivity index (χ0v) is 25.2. The first-order valence-electron chi connectivity index (χ1n) is 14.2. The number of carbonyl (C=O) groups excluding carboxylic acids is 1. The Balaban J connectivity index is 1.46. The van der Waals surface area contributed by atoms with Gasteiger partial charge in [-0.1, -0.05) is 6.07 Å². The number of nitrogens with one attached hydrogen (secondary N) is 2. The van der Waals surface area contributed by atoms with Gasteiger partial charge in [0.1, 0.15) is 6.61 Å². The van der Waals surface area contributed by atoms with Crippen molar-refractivity contribution in [3.05, 3.63) is 76.9 Å². The third kappa shape index (κ3) is 6.46. The molecule has 3 aromatic rings. The lowest BCUT2D eigenvalue weighted by Gasteiger charge is -2.29. The Labute approximate surface area is 247 Å². The summed E-state index contributed by atoms with van der Waals surface area (Å²) in [5, 5.41) is 7.15. The number of carbonyl (C=O) groups is 1. The Morgan fingerprint density at radius 1 is 1.15 bits per heavy atom. The van der Waals surface area contributed by atoms with E-state index in [4.69, 9.17) is 26.7 Å². The van der Waals surface area contributed by atoms with Crippen LogP contribution in [0, 0.1) is 20.8 Å². The number of pyridine rings is 1. The van der Waals surface area contributed by atoms with Crippen molar-refractivity contribution in [2.45, 2.75) is 45.8 Å². The van der Waals surface area contributed by atoms with Crippen molar-refractivity contribution in [3.8, 4) is 0 Å². The van der Waals surface area contributed by atoms with E-state index in [1.807, 2.05) is 37.4 Å². The van der Waals surface area contributed by atoms with Crippen LogP contribution in [0.15, 0.2) is 48.7 Å². The Bertz CT molecular complexity index is 1370. The summed E-state index contributed by atoms with van der Waals surface area (Å²) >= 11 is 5.96. The number of benzene rings is 1. The minimum Gasteiger partial charge on any atom is -0.379 e. The molecule has 1 aromatic carbocycles. The summed E-state index contributed by atoms with van der Waals surface area (Å²) in [6.45, 7) is 12.1. The van der Waals surface area contributed by atoms with Crippen molar-refractivity contribution in [1.82, 2.24) is 19.8 Å². The Morgan fingerprint density at radius 3 is 2.66 bits per heavy atom. The number of hydrogen-bond acceptors (Lipinski definition) is 6. The molecule has 2 unspecified atom stereocenters. The molecule has 2 fully saturated rings. The van der Waals surface area contributed by atoms with Crippen LogP contribution < -0.4 is 15.5 Å².